The van der Waals surface area contributed by atoms with Crippen LogP contribution in [0.15, 0.2) is 12.1 Å². The first-order chi connectivity index (χ1) is 11.2. The lowest BCUT2D eigenvalue weighted by Crippen LogP contribution is -2.41. The number of aromatic hydroxyl groups is 1. The average molecular weight is 332 g/mol. The lowest BCUT2D eigenvalue weighted by atomic mass is 9.73. The molecule has 1 aromatic rings. The molecule has 0 bridgehead atoms. The number of hydrogen-bond acceptors (Lipinski definition) is 3. The minimum absolute atomic E-state index is 0.366. The Labute approximate surface area is 147 Å². The fourth-order valence-corrected chi connectivity index (χ4v) is 3.07. The molecule has 0 aromatic heterocycles. The lowest BCUT2D eigenvalue weighted by Gasteiger charge is -2.32. The Morgan fingerprint density at radius 3 is 2.00 bits per heavy atom. The molecule has 0 atom stereocenters. The normalized spacial score (nSPS) is 19.0. The maximum absolute atomic E-state index is 10.6. The van der Waals surface area contributed by atoms with E-state index in [2.05, 4.69) is 47.6 Å². The molecule has 2 rings (SSSR count). The van der Waals surface area contributed by atoms with Crippen LogP contribution in [-0.2, 0) is 22.2 Å². The van der Waals surface area contributed by atoms with Gasteiger partial charge in [0.15, 0.2) is 0 Å². The monoisotopic (exact) mass is 332 g/mol. The van der Waals surface area contributed by atoms with Gasteiger partial charge in [-0.15, -0.1) is 0 Å². The van der Waals surface area contributed by atoms with Gasteiger partial charge in [0.25, 0.3) is 0 Å². The quantitative estimate of drug-likeness (QED) is 0.753. The van der Waals surface area contributed by atoms with Gasteiger partial charge < -0.3 is 14.4 Å². The maximum atomic E-state index is 10.6. The van der Waals surface area contributed by atoms with E-state index in [0.29, 0.717) is 5.75 Å². The predicted molar refractivity (Wildman–Crippen MR) is 101 cm³/mol. The van der Waals surface area contributed by atoms with Crippen LogP contribution >= 0.6 is 0 Å². The summed E-state index contributed by atoms with van der Waals surface area (Å²) in [6.45, 7) is 12.6. The van der Waals surface area contributed by atoms with Crippen LogP contribution in [0.25, 0.3) is 0 Å². The van der Waals surface area contributed by atoms with Crippen molar-refractivity contribution < 1.29 is 14.4 Å². The van der Waals surface area contributed by atoms with Gasteiger partial charge in [0, 0.05) is 0 Å². The third-order valence-corrected chi connectivity index (χ3v) is 5.43. The maximum Gasteiger partial charge on any atom is 0.495 e. The first kappa shape index (κ1) is 19.3. The highest BCUT2D eigenvalue weighted by Gasteiger charge is 2.52. The first-order valence-corrected chi connectivity index (χ1v) is 9.42. The van der Waals surface area contributed by atoms with Crippen molar-refractivity contribution in [1.29, 1.82) is 0 Å². The minimum Gasteiger partial charge on any atom is -0.508 e. The summed E-state index contributed by atoms with van der Waals surface area (Å²) < 4.78 is 12.5. The van der Waals surface area contributed by atoms with E-state index in [0.717, 1.165) is 49.6 Å². The van der Waals surface area contributed by atoms with Gasteiger partial charge in [-0.1, -0.05) is 32.8 Å². The van der Waals surface area contributed by atoms with Gasteiger partial charge in [0.05, 0.1) is 11.2 Å². The smallest absolute Gasteiger partial charge is 0.495 e. The van der Waals surface area contributed by atoms with E-state index in [1.54, 1.807) is 0 Å². The van der Waals surface area contributed by atoms with Gasteiger partial charge >= 0.3 is 7.12 Å². The number of hydrogen-bond donors (Lipinski definition) is 1. The molecule has 134 valence electrons. The van der Waals surface area contributed by atoms with Crippen molar-refractivity contribution in [3.8, 4) is 5.75 Å². The molecule has 24 heavy (non-hydrogen) atoms. The molecular weight excluding hydrogens is 299 g/mol. The lowest BCUT2D eigenvalue weighted by molar-refractivity contribution is 0.00578. The van der Waals surface area contributed by atoms with Crippen molar-refractivity contribution in [2.24, 2.45) is 0 Å². The van der Waals surface area contributed by atoms with Crippen LogP contribution in [0.5, 0.6) is 5.75 Å². The molecule has 0 spiro atoms. The molecule has 1 N–H and O–H groups in total. The van der Waals surface area contributed by atoms with E-state index < -0.39 is 7.12 Å². The van der Waals surface area contributed by atoms with Gasteiger partial charge in [0.1, 0.15) is 5.75 Å². The Kier molecular flexibility index (Phi) is 6.03. The first-order valence-electron chi connectivity index (χ1n) is 9.42. The Hall–Kier alpha value is -0.995. The fourth-order valence-electron chi connectivity index (χ4n) is 3.07. The van der Waals surface area contributed by atoms with Crippen molar-refractivity contribution in [1.82, 2.24) is 0 Å². The Balaban J connectivity index is 2.39. The van der Waals surface area contributed by atoms with Crippen LogP contribution in [0.1, 0.15) is 78.4 Å². The Morgan fingerprint density at radius 2 is 1.46 bits per heavy atom. The van der Waals surface area contributed by atoms with E-state index >= 15 is 0 Å². The number of phenolic OH excluding ortho intramolecular Hbond substituents is 1. The molecule has 0 radical (unpaired) electrons. The second kappa shape index (κ2) is 7.49. The SMILES string of the molecule is CCCCc1cc(O)c(CCCC)c(B2OC(C)(C)C(C)(C)O2)c1. The number of unbranched alkanes of at least 4 members (excludes halogenated alkanes) is 2. The summed E-state index contributed by atoms with van der Waals surface area (Å²) >= 11 is 0. The number of rotatable bonds is 7. The molecule has 1 saturated heterocycles. The molecular formula is C20H33BO3. The number of aryl methyl sites for hydroxylation is 1. The Bertz CT molecular complexity index is 550. The van der Waals surface area contributed by atoms with Crippen LogP contribution < -0.4 is 5.46 Å². The standard InChI is InChI=1S/C20H33BO3/c1-7-9-11-15-13-17(16(12-10-8-2)18(22)14-15)21-23-19(3,4)20(5,6)24-21/h13-14,22H,7-12H2,1-6H3. The van der Waals surface area contributed by atoms with Gasteiger partial charge in [0.2, 0.25) is 0 Å². The molecule has 0 unspecified atom stereocenters. The van der Waals surface area contributed by atoms with Crippen LogP contribution in [-0.4, -0.2) is 23.4 Å². The summed E-state index contributed by atoms with van der Waals surface area (Å²) in [5.74, 6) is 0.391. The predicted octanol–water partition coefficient (Wildman–Crippen LogP) is 4.38. The zero-order valence-electron chi connectivity index (χ0n) is 16.2. The van der Waals surface area contributed by atoms with Crippen molar-refractivity contribution in [2.45, 2.75) is 91.3 Å². The summed E-state index contributed by atoms with van der Waals surface area (Å²) in [7, 11) is -0.408. The highest BCUT2D eigenvalue weighted by atomic mass is 16.7. The zero-order valence-corrected chi connectivity index (χ0v) is 16.2. The highest BCUT2D eigenvalue weighted by molar-refractivity contribution is 6.62. The molecule has 1 aliphatic rings. The van der Waals surface area contributed by atoms with Crippen molar-refractivity contribution in [3.05, 3.63) is 23.3 Å². The zero-order chi connectivity index (χ0) is 18.0. The molecule has 0 saturated carbocycles. The van der Waals surface area contributed by atoms with E-state index in [1.165, 1.54) is 5.56 Å². The minimum atomic E-state index is -0.408. The molecule has 4 heteroatoms. The molecule has 3 nitrogen and oxygen atoms in total. The number of phenols is 1. The van der Waals surface area contributed by atoms with Gasteiger partial charge in [-0.3, -0.25) is 0 Å². The van der Waals surface area contributed by atoms with Gasteiger partial charge in [-0.2, -0.15) is 0 Å². The summed E-state index contributed by atoms with van der Waals surface area (Å²) in [5, 5.41) is 10.6. The van der Waals surface area contributed by atoms with Crippen LogP contribution in [0.4, 0.5) is 0 Å². The largest absolute Gasteiger partial charge is 0.508 e. The molecule has 1 heterocycles. The van der Waals surface area contributed by atoms with E-state index in [1.807, 2.05) is 6.07 Å². The van der Waals surface area contributed by atoms with Gasteiger partial charge in [-0.05, 0) is 76.0 Å². The third-order valence-electron chi connectivity index (χ3n) is 5.43. The van der Waals surface area contributed by atoms with Crippen molar-refractivity contribution in [3.63, 3.8) is 0 Å². The van der Waals surface area contributed by atoms with Crippen molar-refractivity contribution >= 4 is 12.6 Å². The summed E-state index contributed by atoms with van der Waals surface area (Å²) in [6.07, 6.45) is 6.25. The molecule has 0 aliphatic carbocycles. The van der Waals surface area contributed by atoms with Gasteiger partial charge in [-0.25, -0.2) is 0 Å². The summed E-state index contributed by atoms with van der Waals surface area (Å²) in [4.78, 5) is 0. The summed E-state index contributed by atoms with van der Waals surface area (Å²) in [6, 6.07) is 4.11. The number of benzene rings is 1. The van der Waals surface area contributed by atoms with Crippen LogP contribution in [0.3, 0.4) is 0 Å². The third kappa shape index (κ3) is 3.97. The van der Waals surface area contributed by atoms with Crippen molar-refractivity contribution in [2.75, 3.05) is 0 Å². The molecule has 1 fully saturated rings. The van der Waals surface area contributed by atoms with Crippen LogP contribution in [0.2, 0.25) is 0 Å². The van der Waals surface area contributed by atoms with E-state index in [4.69, 9.17) is 9.31 Å². The topological polar surface area (TPSA) is 38.7 Å². The van der Waals surface area contributed by atoms with E-state index in [9.17, 15) is 5.11 Å². The second-order valence-corrected chi connectivity index (χ2v) is 7.98. The second-order valence-electron chi connectivity index (χ2n) is 7.98. The Morgan fingerprint density at radius 1 is 0.917 bits per heavy atom. The van der Waals surface area contributed by atoms with Crippen LogP contribution in [0, 0.1) is 0 Å². The molecule has 1 aliphatic heterocycles. The average Bonchev–Trinajstić information content (AvgIpc) is 2.71. The summed E-state index contributed by atoms with van der Waals surface area (Å²) in [5.41, 5.74) is 2.42. The fraction of sp³-hybridized carbons (Fsp3) is 0.700. The highest BCUT2D eigenvalue weighted by Crippen LogP contribution is 2.37. The molecule has 0 amide bonds. The van der Waals surface area contributed by atoms with E-state index in [-0.39, 0.29) is 11.2 Å². The molecule has 1 aromatic carbocycles.